The third kappa shape index (κ3) is 4.23. The van der Waals surface area contributed by atoms with Crippen molar-refractivity contribution < 1.29 is 24.5 Å². The van der Waals surface area contributed by atoms with E-state index in [2.05, 4.69) is 17.4 Å². The molecule has 0 aromatic carbocycles. The number of rotatable bonds is 4. The van der Waals surface area contributed by atoms with E-state index in [4.69, 9.17) is 15.9 Å². The van der Waals surface area contributed by atoms with Crippen LogP contribution in [0.2, 0.25) is 0 Å². The summed E-state index contributed by atoms with van der Waals surface area (Å²) < 4.78 is 4.09. The van der Waals surface area contributed by atoms with Crippen molar-refractivity contribution in [3.8, 4) is 0 Å². The van der Waals surface area contributed by atoms with Crippen LogP contribution < -0.4 is 5.73 Å². The van der Waals surface area contributed by atoms with Gasteiger partial charge in [-0.15, -0.1) is 0 Å². The second kappa shape index (κ2) is 5.92. The third-order valence-electron chi connectivity index (χ3n) is 1.15. The molecule has 0 radical (unpaired) electrons. The SMILES string of the molecule is NC(CS)C(=O)OC(=O)C(O)CO. The average molecular weight is 209 g/mol. The van der Waals surface area contributed by atoms with Gasteiger partial charge in [0.15, 0.2) is 6.10 Å². The molecule has 0 aromatic rings. The van der Waals surface area contributed by atoms with Crippen LogP contribution in [0.4, 0.5) is 0 Å². The minimum absolute atomic E-state index is 0.0291. The zero-order valence-electron chi connectivity index (χ0n) is 6.71. The first-order valence-electron chi connectivity index (χ1n) is 3.43. The van der Waals surface area contributed by atoms with Crippen molar-refractivity contribution in [1.82, 2.24) is 0 Å². The molecule has 0 spiro atoms. The van der Waals surface area contributed by atoms with Crippen LogP contribution in [0.1, 0.15) is 0 Å². The number of ether oxygens (including phenoxy) is 1. The summed E-state index contributed by atoms with van der Waals surface area (Å²) in [7, 11) is 0. The van der Waals surface area contributed by atoms with Crippen molar-refractivity contribution >= 4 is 24.6 Å². The van der Waals surface area contributed by atoms with Crippen molar-refractivity contribution in [2.24, 2.45) is 5.73 Å². The molecule has 2 unspecified atom stereocenters. The zero-order chi connectivity index (χ0) is 10.4. The maximum Gasteiger partial charge on any atom is 0.345 e. The lowest BCUT2D eigenvalue weighted by Crippen LogP contribution is -2.38. The van der Waals surface area contributed by atoms with E-state index in [-0.39, 0.29) is 5.75 Å². The second-order valence-corrected chi connectivity index (χ2v) is 2.59. The number of hydrogen-bond donors (Lipinski definition) is 4. The largest absolute Gasteiger partial charge is 0.393 e. The number of thiol groups is 1. The number of hydrogen-bond acceptors (Lipinski definition) is 7. The molecule has 0 heterocycles. The fourth-order valence-corrected chi connectivity index (χ4v) is 0.541. The predicted molar refractivity (Wildman–Crippen MR) is 46.0 cm³/mol. The van der Waals surface area contributed by atoms with Crippen LogP contribution >= 0.6 is 12.6 Å². The Bertz CT molecular complexity index is 177. The lowest BCUT2D eigenvalue weighted by atomic mass is 10.3. The van der Waals surface area contributed by atoms with Gasteiger partial charge in [0.1, 0.15) is 6.04 Å². The van der Waals surface area contributed by atoms with Gasteiger partial charge in [-0.3, -0.25) is 0 Å². The van der Waals surface area contributed by atoms with Gasteiger partial charge in [-0.25, -0.2) is 9.59 Å². The summed E-state index contributed by atoms with van der Waals surface area (Å²) in [5.41, 5.74) is 5.16. The highest BCUT2D eigenvalue weighted by Crippen LogP contribution is 1.93. The average Bonchev–Trinajstić information content (AvgIpc) is 2.14. The van der Waals surface area contributed by atoms with E-state index in [0.717, 1.165) is 0 Å². The minimum Gasteiger partial charge on any atom is -0.393 e. The van der Waals surface area contributed by atoms with Crippen LogP contribution in [0.15, 0.2) is 0 Å². The Morgan fingerprint density at radius 1 is 1.46 bits per heavy atom. The lowest BCUT2D eigenvalue weighted by molar-refractivity contribution is -0.167. The third-order valence-corrected chi connectivity index (χ3v) is 1.54. The standard InChI is InChI=1S/C6H11NO5S/c7-3(2-13)5(10)12-6(11)4(9)1-8/h3-4,8-9,13H,1-2,7H2. The first kappa shape index (κ1) is 12.4. The number of aliphatic hydroxyl groups excluding tert-OH is 2. The molecule has 0 saturated carbocycles. The van der Waals surface area contributed by atoms with E-state index in [1.165, 1.54) is 0 Å². The monoisotopic (exact) mass is 209 g/mol. The Balaban J connectivity index is 3.99. The molecule has 0 bridgehead atoms. The van der Waals surface area contributed by atoms with Gasteiger partial charge >= 0.3 is 11.9 Å². The van der Waals surface area contributed by atoms with Gasteiger partial charge in [0, 0.05) is 5.75 Å². The number of carbonyl (C=O) groups excluding carboxylic acids is 2. The first-order chi connectivity index (χ1) is 6.02. The van der Waals surface area contributed by atoms with E-state index >= 15 is 0 Å². The van der Waals surface area contributed by atoms with E-state index in [0.29, 0.717) is 0 Å². The van der Waals surface area contributed by atoms with Gasteiger partial charge in [-0.1, -0.05) is 0 Å². The topological polar surface area (TPSA) is 110 Å². The summed E-state index contributed by atoms with van der Waals surface area (Å²) in [5, 5.41) is 17.0. The molecule has 0 saturated heterocycles. The Hall–Kier alpha value is -0.630. The molecule has 13 heavy (non-hydrogen) atoms. The van der Waals surface area contributed by atoms with E-state index in [1.807, 2.05) is 0 Å². The Morgan fingerprint density at radius 2 is 2.00 bits per heavy atom. The minimum atomic E-state index is -1.71. The summed E-state index contributed by atoms with van der Waals surface area (Å²) in [6.07, 6.45) is -1.71. The number of nitrogens with two attached hydrogens (primary N) is 1. The maximum atomic E-state index is 10.8. The van der Waals surface area contributed by atoms with Crippen LogP contribution in [-0.4, -0.2) is 46.7 Å². The van der Waals surface area contributed by atoms with Crippen molar-refractivity contribution in [2.45, 2.75) is 12.1 Å². The van der Waals surface area contributed by atoms with Gasteiger partial charge in [-0.2, -0.15) is 12.6 Å². The number of aliphatic hydroxyl groups is 2. The van der Waals surface area contributed by atoms with Crippen molar-refractivity contribution in [2.75, 3.05) is 12.4 Å². The molecule has 0 aliphatic rings. The fourth-order valence-electron chi connectivity index (χ4n) is 0.392. The summed E-state index contributed by atoms with van der Waals surface area (Å²) in [4.78, 5) is 21.5. The van der Waals surface area contributed by atoms with Crippen LogP contribution in [0.3, 0.4) is 0 Å². The molecule has 0 aromatic heterocycles. The Morgan fingerprint density at radius 3 is 2.38 bits per heavy atom. The van der Waals surface area contributed by atoms with Crippen LogP contribution in [0.5, 0.6) is 0 Å². The molecule has 4 N–H and O–H groups in total. The van der Waals surface area contributed by atoms with Crippen molar-refractivity contribution in [3.63, 3.8) is 0 Å². The first-order valence-corrected chi connectivity index (χ1v) is 4.07. The van der Waals surface area contributed by atoms with Crippen LogP contribution in [0, 0.1) is 0 Å². The van der Waals surface area contributed by atoms with Crippen LogP contribution in [-0.2, 0) is 14.3 Å². The van der Waals surface area contributed by atoms with E-state index in [9.17, 15) is 9.59 Å². The normalized spacial score (nSPS) is 14.8. The summed E-state index contributed by atoms with van der Waals surface area (Å²) >= 11 is 3.70. The van der Waals surface area contributed by atoms with Gasteiger partial charge in [0.25, 0.3) is 0 Å². The summed E-state index contributed by atoms with van der Waals surface area (Å²) in [6.45, 7) is -0.803. The van der Waals surface area contributed by atoms with Gasteiger partial charge in [0.05, 0.1) is 6.61 Å². The highest BCUT2D eigenvalue weighted by molar-refractivity contribution is 7.80. The number of esters is 2. The molecule has 0 aliphatic heterocycles. The molecule has 0 aliphatic carbocycles. The molecular formula is C6H11NO5S. The summed E-state index contributed by atoms with van der Waals surface area (Å²) in [6, 6.07) is -1.02. The van der Waals surface area contributed by atoms with Gasteiger partial charge < -0.3 is 20.7 Å². The predicted octanol–water partition coefficient (Wildman–Crippen LogP) is -2.33. The lowest BCUT2D eigenvalue weighted by Gasteiger charge is -2.09. The smallest absolute Gasteiger partial charge is 0.345 e. The highest BCUT2D eigenvalue weighted by Gasteiger charge is 2.22. The van der Waals surface area contributed by atoms with Gasteiger partial charge in [-0.05, 0) is 0 Å². The Kier molecular flexibility index (Phi) is 5.63. The number of carbonyl (C=O) groups is 2. The zero-order valence-corrected chi connectivity index (χ0v) is 7.61. The molecule has 0 fully saturated rings. The quantitative estimate of drug-likeness (QED) is 0.235. The summed E-state index contributed by atoms with van der Waals surface area (Å²) in [5.74, 6) is -2.17. The Labute approximate surface area is 80.1 Å². The molecule has 0 amide bonds. The molecule has 2 atom stereocenters. The van der Waals surface area contributed by atoms with E-state index < -0.39 is 30.7 Å². The van der Waals surface area contributed by atoms with Crippen molar-refractivity contribution in [3.05, 3.63) is 0 Å². The van der Waals surface area contributed by atoms with Crippen molar-refractivity contribution in [1.29, 1.82) is 0 Å². The second-order valence-electron chi connectivity index (χ2n) is 2.23. The highest BCUT2D eigenvalue weighted by atomic mass is 32.1. The van der Waals surface area contributed by atoms with Crippen LogP contribution in [0.25, 0.3) is 0 Å². The van der Waals surface area contributed by atoms with Gasteiger partial charge in [0.2, 0.25) is 0 Å². The molecular weight excluding hydrogens is 198 g/mol. The molecule has 6 nitrogen and oxygen atoms in total. The molecule has 0 rings (SSSR count). The maximum absolute atomic E-state index is 10.8. The molecule has 7 heteroatoms. The molecule has 76 valence electrons. The fraction of sp³-hybridized carbons (Fsp3) is 0.667. The van der Waals surface area contributed by atoms with E-state index in [1.54, 1.807) is 0 Å².